The summed E-state index contributed by atoms with van der Waals surface area (Å²) in [7, 11) is 0. The Morgan fingerprint density at radius 3 is 1.69 bits per heavy atom. The molecule has 1 N–H and O–H groups in total. The Morgan fingerprint density at radius 1 is 0.690 bits per heavy atom. The molecule has 58 heavy (non-hydrogen) atoms. The highest BCUT2D eigenvalue weighted by atomic mass is 16.7. The molecule has 0 aromatic heterocycles. The number of carbonyl (C=O) groups is 4. The van der Waals surface area contributed by atoms with Gasteiger partial charge < -0.3 is 28.8 Å². The maximum Gasteiger partial charge on any atom is 0.312 e. The highest BCUT2D eigenvalue weighted by molar-refractivity contribution is 5.79. The largest absolute Gasteiger partial charge is 0.459 e. The maximum absolute atomic E-state index is 12.4. The van der Waals surface area contributed by atoms with Crippen LogP contribution in [0, 0.1) is 51.2 Å². The molecule has 0 aromatic rings. The molecule has 8 rings (SSSR count). The molecular weight excluding hydrogens is 737 g/mol. The van der Waals surface area contributed by atoms with E-state index in [0.717, 1.165) is 44.4 Å². The summed E-state index contributed by atoms with van der Waals surface area (Å²) in [6.07, 6.45) is 12.3. The quantitative estimate of drug-likeness (QED) is 0.168. The summed E-state index contributed by atoms with van der Waals surface area (Å²) in [6.45, 7) is 28.8. The predicted octanol–water partition coefficient (Wildman–Crippen LogP) is 9.69. The number of ether oxygens (including phenoxy) is 5. The van der Waals surface area contributed by atoms with E-state index < -0.39 is 28.6 Å². The second-order valence-corrected chi connectivity index (χ2v) is 23.1. The molecule has 5 saturated carbocycles. The monoisotopic (exact) mass is 817 g/mol. The van der Waals surface area contributed by atoms with Crippen LogP contribution in [-0.4, -0.2) is 70.2 Å². The number of aliphatic hydroxyl groups is 1. The Balaban J connectivity index is 0.000000166. The molecule has 0 spiro atoms. The lowest BCUT2D eigenvalue weighted by Crippen LogP contribution is -2.61. The Bertz CT molecular complexity index is 1500. The lowest BCUT2D eigenvalue weighted by Gasteiger charge is -2.59. The van der Waals surface area contributed by atoms with Gasteiger partial charge in [0.15, 0.2) is 12.2 Å². The summed E-state index contributed by atoms with van der Waals surface area (Å²) in [5.74, 6) is 1.68. The first kappa shape index (κ1) is 46.9. The van der Waals surface area contributed by atoms with E-state index in [0.29, 0.717) is 42.4 Å². The minimum Gasteiger partial charge on any atom is -0.459 e. The van der Waals surface area contributed by atoms with Gasteiger partial charge in [0.1, 0.15) is 17.3 Å². The first-order valence-corrected chi connectivity index (χ1v) is 22.9. The zero-order valence-electron chi connectivity index (χ0n) is 38.7. The molecule has 8 aliphatic rings. The van der Waals surface area contributed by atoms with Gasteiger partial charge in [0.05, 0.1) is 33.9 Å². The van der Waals surface area contributed by atoms with Crippen LogP contribution in [0.15, 0.2) is 0 Å². The van der Waals surface area contributed by atoms with Crippen molar-refractivity contribution in [3.05, 3.63) is 0 Å². The number of fused-ring (bicyclic) bond motifs is 1. The van der Waals surface area contributed by atoms with Crippen molar-refractivity contribution in [1.82, 2.24) is 0 Å². The molecule has 3 heterocycles. The molecule has 8 fully saturated rings. The van der Waals surface area contributed by atoms with Crippen LogP contribution >= 0.6 is 0 Å². The molecule has 0 radical (unpaired) electrons. The van der Waals surface area contributed by atoms with Gasteiger partial charge in [0, 0.05) is 6.42 Å². The van der Waals surface area contributed by atoms with Crippen molar-refractivity contribution in [2.24, 2.45) is 51.2 Å². The standard InChI is InChI=1S/C19H36O2.C16H26O3.C13H18O5/c1-9-18(5,6)16(20)21-19(7,8)15-12-10-14(11-13-15)17(2,3)4;1-4-14(2,3)13(17)19-16-8-11-5-12(9-16)7-15(18,6-11)10-16;1-4-13(2,3)12(15)18-9-7-5-6-8(16-7)10(9)17-11(6)14/h14-15H,9-13H2,1-8H3;11-12,18H,4-10H2,1-3H3;6-10H,4-5H2,1-3H3. The van der Waals surface area contributed by atoms with Gasteiger partial charge in [-0.25, -0.2) is 0 Å². The van der Waals surface area contributed by atoms with Crippen LogP contribution in [0.5, 0.6) is 0 Å². The average molecular weight is 817 g/mol. The van der Waals surface area contributed by atoms with E-state index in [1.165, 1.54) is 32.1 Å². The smallest absolute Gasteiger partial charge is 0.312 e. The number of rotatable bonds is 10. The number of hydrogen-bond donors (Lipinski definition) is 1. The summed E-state index contributed by atoms with van der Waals surface area (Å²) in [5.41, 5.74) is -2.15. The molecular formula is C48H80O10. The van der Waals surface area contributed by atoms with Gasteiger partial charge in [-0.05, 0) is 168 Å². The third kappa shape index (κ3) is 9.95. The van der Waals surface area contributed by atoms with E-state index in [1.807, 2.05) is 62.3 Å². The molecule has 332 valence electrons. The zero-order valence-corrected chi connectivity index (χ0v) is 38.7. The van der Waals surface area contributed by atoms with Crippen LogP contribution < -0.4 is 0 Å². The molecule has 6 bridgehead atoms. The molecule has 10 nitrogen and oxygen atoms in total. The van der Waals surface area contributed by atoms with Gasteiger partial charge in [-0.15, -0.1) is 0 Å². The number of carbonyl (C=O) groups excluding carboxylic acids is 4. The molecule has 5 aliphatic carbocycles. The van der Waals surface area contributed by atoms with Crippen LogP contribution in [0.3, 0.4) is 0 Å². The summed E-state index contributed by atoms with van der Waals surface area (Å²) >= 11 is 0. The zero-order chi connectivity index (χ0) is 43.4. The van der Waals surface area contributed by atoms with Crippen molar-refractivity contribution in [3.8, 4) is 0 Å². The molecule has 7 atom stereocenters. The summed E-state index contributed by atoms with van der Waals surface area (Å²) < 4.78 is 28.4. The lowest BCUT2D eigenvalue weighted by molar-refractivity contribution is -0.225. The van der Waals surface area contributed by atoms with Crippen LogP contribution in [0.25, 0.3) is 0 Å². The van der Waals surface area contributed by atoms with Gasteiger partial charge in [-0.3, -0.25) is 19.2 Å². The van der Waals surface area contributed by atoms with Crippen molar-refractivity contribution in [3.63, 3.8) is 0 Å². The van der Waals surface area contributed by atoms with Gasteiger partial charge in [-0.2, -0.15) is 0 Å². The van der Waals surface area contributed by atoms with Gasteiger partial charge >= 0.3 is 23.9 Å². The molecule has 0 amide bonds. The van der Waals surface area contributed by atoms with E-state index >= 15 is 0 Å². The highest BCUT2D eigenvalue weighted by Crippen LogP contribution is 2.59. The van der Waals surface area contributed by atoms with E-state index in [4.69, 9.17) is 23.7 Å². The van der Waals surface area contributed by atoms with E-state index in [2.05, 4.69) is 34.6 Å². The number of hydrogen-bond acceptors (Lipinski definition) is 10. The van der Waals surface area contributed by atoms with Gasteiger partial charge in [0.25, 0.3) is 0 Å². The third-order valence-electron chi connectivity index (χ3n) is 15.9. The van der Waals surface area contributed by atoms with Crippen molar-refractivity contribution in [2.75, 3.05) is 0 Å². The molecule has 3 aliphatic heterocycles. The highest BCUT2D eigenvalue weighted by Gasteiger charge is 2.65. The van der Waals surface area contributed by atoms with E-state index in [-0.39, 0.29) is 58.6 Å². The minimum atomic E-state index is -0.555. The van der Waals surface area contributed by atoms with E-state index in [9.17, 15) is 24.3 Å². The number of esters is 4. The van der Waals surface area contributed by atoms with Crippen molar-refractivity contribution < 1.29 is 48.0 Å². The molecule has 10 heteroatoms. The fraction of sp³-hybridized carbons (Fsp3) is 0.917. The molecule has 0 aromatic carbocycles. The maximum atomic E-state index is 12.4. The van der Waals surface area contributed by atoms with Gasteiger partial charge in [-0.1, -0.05) is 41.5 Å². The Kier molecular flexibility index (Phi) is 13.4. The lowest BCUT2D eigenvalue weighted by atomic mass is 9.52. The van der Waals surface area contributed by atoms with Crippen LogP contribution in [-0.2, 0) is 42.9 Å². The normalized spacial score (nSPS) is 36.3. The SMILES string of the molecule is CCC(C)(C)C(=O)OC(C)(C)C1CCC(C(C)(C)C)CC1.CCC(C)(C)C(=O)OC12CC3CC(CC(O)(C3)C1)C2.CCC(C)(C)C(=O)OC1C2CC3C(=O)OC1C3O2. The molecule has 3 saturated heterocycles. The third-order valence-corrected chi connectivity index (χ3v) is 15.9. The Labute approximate surface area is 350 Å². The second-order valence-electron chi connectivity index (χ2n) is 23.1. The van der Waals surface area contributed by atoms with Crippen LogP contribution in [0.4, 0.5) is 0 Å². The van der Waals surface area contributed by atoms with Crippen molar-refractivity contribution in [2.45, 2.75) is 228 Å². The molecule has 7 unspecified atom stereocenters. The summed E-state index contributed by atoms with van der Waals surface area (Å²) in [5, 5.41) is 10.6. The fourth-order valence-electron chi connectivity index (χ4n) is 10.8. The van der Waals surface area contributed by atoms with Crippen molar-refractivity contribution >= 4 is 23.9 Å². The summed E-state index contributed by atoms with van der Waals surface area (Å²) in [6, 6.07) is 0. The average Bonchev–Trinajstić information content (AvgIpc) is 3.76. The van der Waals surface area contributed by atoms with Crippen LogP contribution in [0.1, 0.15) is 187 Å². The fourth-order valence-corrected chi connectivity index (χ4v) is 10.8. The first-order valence-electron chi connectivity index (χ1n) is 22.9. The topological polar surface area (TPSA) is 135 Å². The second kappa shape index (κ2) is 16.6. The predicted molar refractivity (Wildman–Crippen MR) is 222 cm³/mol. The Morgan fingerprint density at radius 2 is 1.19 bits per heavy atom. The Hall–Kier alpha value is -2.20. The van der Waals surface area contributed by atoms with E-state index in [1.54, 1.807) is 0 Å². The minimum absolute atomic E-state index is 0.0482. The van der Waals surface area contributed by atoms with Gasteiger partial charge in [0.2, 0.25) is 0 Å². The summed E-state index contributed by atoms with van der Waals surface area (Å²) in [4.78, 5) is 48.3. The van der Waals surface area contributed by atoms with Crippen molar-refractivity contribution in [1.29, 1.82) is 0 Å². The first-order chi connectivity index (χ1) is 26.6. The van der Waals surface area contributed by atoms with Crippen LogP contribution in [0.2, 0.25) is 0 Å².